The summed E-state index contributed by atoms with van der Waals surface area (Å²) in [6.45, 7) is 9.10. The number of ether oxygens (including phenoxy) is 1. The number of carbonyl (C=O) groups is 2. The Kier molecular flexibility index (Phi) is 5.36. The number of nitrogens with zero attached hydrogens (tertiary/aromatic N) is 3. The van der Waals surface area contributed by atoms with E-state index in [0.29, 0.717) is 37.4 Å². The van der Waals surface area contributed by atoms with Crippen LogP contribution in [0.4, 0.5) is 0 Å². The molecule has 1 spiro atoms. The summed E-state index contributed by atoms with van der Waals surface area (Å²) in [7, 11) is 0. The quantitative estimate of drug-likeness (QED) is 0.650. The van der Waals surface area contributed by atoms with Gasteiger partial charge in [-0.2, -0.15) is 5.10 Å². The lowest BCUT2D eigenvalue weighted by atomic mass is 9.86. The van der Waals surface area contributed by atoms with Crippen LogP contribution in [0.1, 0.15) is 18.4 Å². The maximum absolute atomic E-state index is 13.1. The molecule has 2 unspecified atom stereocenters. The van der Waals surface area contributed by atoms with E-state index in [2.05, 4.69) is 23.4 Å². The summed E-state index contributed by atoms with van der Waals surface area (Å²) in [6, 6.07) is 16.9. The van der Waals surface area contributed by atoms with Crippen LogP contribution in [0.2, 0.25) is 0 Å². The lowest BCUT2D eigenvalue weighted by molar-refractivity contribution is -0.129. The summed E-state index contributed by atoms with van der Waals surface area (Å²) in [5.74, 6) is 0.0293. The highest BCUT2D eigenvalue weighted by Gasteiger charge is 2.60. The Morgan fingerprint density at radius 1 is 1.12 bits per heavy atom. The number of amides is 2. The van der Waals surface area contributed by atoms with Crippen molar-refractivity contribution < 1.29 is 14.3 Å². The highest BCUT2D eigenvalue weighted by atomic mass is 16.5. The number of likely N-dealkylation sites (tertiary alicyclic amines) is 1. The first-order chi connectivity index (χ1) is 16.4. The average Bonchev–Trinajstić information content (AvgIpc) is 3.35. The molecule has 0 bridgehead atoms. The number of para-hydroxylation sites is 1. The number of hydrazone groups is 1. The van der Waals surface area contributed by atoms with Gasteiger partial charge in [-0.15, -0.1) is 0 Å². The SMILES string of the molecule is C=CC(=C)N1CCC2(CC1)C(=O)NC1C(C(N)=O)C(c3ccc(Oc4ccccc4)cc3)=NN12. The zero-order valence-electron chi connectivity index (χ0n) is 18.8. The van der Waals surface area contributed by atoms with Gasteiger partial charge >= 0.3 is 0 Å². The molecule has 3 heterocycles. The van der Waals surface area contributed by atoms with Crippen LogP contribution in [0.3, 0.4) is 0 Å². The van der Waals surface area contributed by atoms with Gasteiger partial charge in [0.05, 0.1) is 5.71 Å². The number of carbonyl (C=O) groups excluding carboxylic acids is 2. The Hall–Kier alpha value is -4.07. The van der Waals surface area contributed by atoms with E-state index in [0.717, 1.165) is 17.0 Å². The molecule has 0 saturated carbocycles. The molecule has 174 valence electrons. The predicted molar refractivity (Wildman–Crippen MR) is 129 cm³/mol. The van der Waals surface area contributed by atoms with Crippen LogP contribution in [0.25, 0.3) is 0 Å². The topological polar surface area (TPSA) is 100 Å². The summed E-state index contributed by atoms with van der Waals surface area (Å²) in [5.41, 5.74) is 7.15. The molecule has 8 heteroatoms. The molecule has 8 nitrogen and oxygen atoms in total. The Balaban J connectivity index is 1.42. The van der Waals surface area contributed by atoms with Gasteiger partial charge in [-0.25, -0.2) is 0 Å². The molecule has 2 aromatic rings. The van der Waals surface area contributed by atoms with Crippen molar-refractivity contribution in [3.8, 4) is 11.5 Å². The fourth-order valence-corrected chi connectivity index (χ4v) is 5.01. The van der Waals surface area contributed by atoms with Crippen molar-refractivity contribution in [2.75, 3.05) is 13.1 Å². The first-order valence-corrected chi connectivity index (χ1v) is 11.3. The Bertz CT molecular complexity index is 1170. The lowest BCUT2D eigenvalue weighted by Crippen LogP contribution is -2.54. The molecule has 2 aromatic carbocycles. The molecule has 3 N–H and O–H groups in total. The smallest absolute Gasteiger partial charge is 0.249 e. The van der Waals surface area contributed by atoms with Gasteiger partial charge in [0.2, 0.25) is 11.8 Å². The zero-order valence-corrected chi connectivity index (χ0v) is 18.8. The van der Waals surface area contributed by atoms with Gasteiger partial charge in [0.25, 0.3) is 0 Å². The second kappa shape index (κ2) is 8.37. The van der Waals surface area contributed by atoms with Gasteiger partial charge in [-0.05, 0) is 60.9 Å². The fraction of sp³-hybridized carbons (Fsp3) is 0.269. The standard InChI is InChI=1S/C26H27N5O3/c1-3-17(2)30-15-13-26(14-16-30)25(33)28-24-21(23(27)32)22(29-31(24)26)18-9-11-20(12-10-18)34-19-7-5-4-6-8-19/h3-12,21,24H,1-2,13-16H2,(H2,27,32)(H,28,33). The number of benzene rings is 2. The molecule has 0 aromatic heterocycles. The van der Waals surface area contributed by atoms with Gasteiger partial charge in [0, 0.05) is 18.8 Å². The summed E-state index contributed by atoms with van der Waals surface area (Å²) >= 11 is 0. The minimum absolute atomic E-state index is 0.109. The number of hydrogen-bond donors (Lipinski definition) is 2. The molecule has 34 heavy (non-hydrogen) atoms. The van der Waals surface area contributed by atoms with Crippen molar-refractivity contribution in [3.05, 3.63) is 85.1 Å². The highest BCUT2D eigenvalue weighted by Crippen LogP contribution is 2.42. The van der Waals surface area contributed by atoms with Crippen LogP contribution in [0, 0.1) is 5.92 Å². The van der Waals surface area contributed by atoms with Crippen molar-refractivity contribution in [1.29, 1.82) is 0 Å². The maximum atomic E-state index is 13.1. The molecule has 5 rings (SSSR count). The van der Waals surface area contributed by atoms with Gasteiger partial charge in [-0.1, -0.05) is 31.4 Å². The summed E-state index contributed by atoms with van der Waals surface area (Å²) < 4.78 is 5.87. The van der Waals surface area contributed by atoms with Crippen molar-refractivity contribution in [2.24, 2.45) is 16.8 Å². The second-order valence-electron chi connectivity index (χ2n) is 8.78. The molecule has 0 aliphatic carbocycles. The zero-order chi connectivity index (χ0) is 23.9. The van der Waals surface area contributed by atoms with E-state index in [-0.39, 0.29) is 5.91 Å². The van der Waals surface area contributed by atoms with Crippen molar-refractivity contribution >= 4 is 17.5 Å². The first-order valence-electron chi connectivity index (χ1n) is 11.3. The fourth-order valence-electron chi connectivity index (χ4n) is 5.01. The molecule has 3 aliphatic heterocycles. The highest BCUT2D eigenvalue weighted by molar-refractivity contribution is 6.15. The lowest BCUT2D eigenvalue weighted by Gasteiger charge is -2.42. The van der Waals surface area contributed by atoms with Gasteiger partial charge in [-0.3, -0.25) is 14.6 Å². The number of rotatable bonds is 6. The number of nitrogens with one attached hydrogen (secondary N) is 1. The second-order valence-corrected chi connectivity index (χ2v) is 8.78. The molecule has 2 saturated heterocycles. The molecule has 2 atom stereocenters. The van der Waals surface area contributed by atoms with Crippen LogP contribution in [0.5, 0.6) is 11.5 Å². The third-order valence-electron chi connectivity index (χ3n) is 6.90. The van der Waals surface area contributed by atoms with E-state index < -0.39 is 23.5 Å². The number of fused-ring (bicyclic) bond motifs is 2. The summed E-state index contributed by atoms with van der Waals surface area (Å²) in [4.78, 5) is 27.7. The normalized spacial score (nSPS) is 22.7. The van der Waals surface area contributed by atoms with Gasteiger partial charge in [0.1, 0.15) is 29.1 Å². The minimum atomic E-state index is -0.811. The number of piperidine rings is 1. The van der Waals surface area contributed by atoms with Crippen LogP contribution < -0.4 is 15.8 Å². The van der Waals surface area contributed by atoms with Crippen LogP contribution in [0.15, 0.2) is 84.6 Å². The first kappa shape index (κ1) is 21.8. The van der Waals surface area contributed by atoms with Crippen LogP contribution in [-0.4, -0.2) is 52.2 Å². The average molecular weight is 458 g/mol. The van der Waals surface area contributed by atoms with E-state index >= 15 is 0 Å². The van der Waals surface area contributed by atoms with E-state index in [1.165, 1.54) is 0 Å². The van der Waals surface area contributed by atoms with Crippen molar-refractivity contribution in [2.45, 2.75) is 24.5 Å². The number of primary amides is 1. The Labute approximate surface area is 198 Å². The van der Waals surface area contributed by atoms with Gasteiger partial charge < -0.3 is 20.7 Å². The summed E-state index contributed by atoms with van der Waals surface area (Å²) in [5, 5.41) is 9.59. The van der Waals surface area contributed by atoms with Crippen molar-refractivity contribution in [1.82, 2.24) is 15.2 Å². The molecular weight excluding hydrogens is 430 g/mol. The van der Waals surface area contributed by atoms with Crippen LogP contribution >= 0.6 is 0 Å². The van der Waals surface area contributed by atoms with Gasteiger partial charge in [0.15, 0.2) is 0 Å². The van der Waals surface area contributed by atoms with Crippen molar-refractivity contribution in [3.63, 3.8) is 0 Å². The maximum Gasteiger partial charge on any atom is 0.249 e. The molecular formula is C26H27N5O3. The molecule has 0 radical (unpaired) electrons. The van der Waals surface area contributed by atoms with E-state index in [1.54, 1.807) is 11.1 Å². The Morgan fingerprint density at radius 2 is 1.76 bits per heavy atom. The van der Waals surface area contributed by atoms with E-state index in [4.69, 9.17) is 15.6 Å². The van der Waals surface area contributed by atoms with E-state index in [9.17, 15) is 9.59 Å². The number of nitrogens with two attached hydrogens (primary N) is 1. The summed E-state index contributed by atoms with van der Waals surface area (Å²) in [6.07, 6.45) is 2.26. The largest absolute Gasteiger partial charge is 0.457 e. The monoisotopic (exact) mass is 457 g/mol. The molecule has 2 fully saturated rings. The minimum Gasteiger partial charge on any atom is -0.457 e. The predicted octanol–water partition coefficient (Wildman–Crippen LogP) is 2.59. The van der Waals surface area contributed by atoms with E-state index in [1.807, 2.05) is 54.6 Å². The third-order valence-corrected chi connectivity index (χ3v) is 6.90. The number of hydrogen-bond acceptors (Lipinski definition) is 6. The molecule has 3 aliphatic rings. The Morgan fingerprint density at radius 3 is 2.38 bits per heavy atom. The third kappa shape index (κ3) is 3.51. The molecule has 2 amide bonds. The van der Waals surface area contributed by atoms with Crippen LogP contribution in [-0.2, 0) is 9.59 Å². The number of allylic oxidation sites excluding steroid dienone is 1.